The maximum Gasteiger partial charge on any atom is 0.0306 e. The minimum atomic E-state index is 0.214. The van der Waals surface area contributed by atoms with Crippen LogP contribution in [0.25, 0.3) is 0 Å². The number of piperidine rings is 1. The van der Waals surface area contributed by atoms with Crippen LogP contribution in [0.3, 0.4) is 0 Å². The number of hydrogen-bond acceptors (Lipinski definition) is 3. The summed E-state index contributed by atoms with van der Waals surface area (Å²) in [5.74, 6) is 0.937. The molecule has 0 spiro atoms. The molecule has 1 saturated carbocycles. The topological polar surface area (TPSA) is 32.5 Å². The molecule has 2 aliphatic rings. The lowest BCUT2D eigenvalue weighted by atomic mass is 9.75. The number of likely N-dealkylation sites (tertiary alicyclic amines) is 1. The first-order valence-electron chi connectivity index (χ1n) is 7.67. The van der Waals surface area contributed by atoms with Gasteiger partial charge in [-0.25, -0.2) is 0 Å². The van der Waals surface area contributed by atoms with Crippen molar-refractivity contribution in [2.75, 3.05) is 33.7 Å². The third-order valence-electron chi connectivity index (χ3n) is 5.48. The van der Waals surface area contributed by atoms with Crippen molar-refractivity contribution in [3.05, 3.63) is 0 Å². The highest BCUT2D eigenvalue weighted by atomic mass is 15.2. The molecule has 0 radical (unpaired) electrons. The van der Waals surface area contributed by atoms with Gasteiger partial charge >= 0.3 is 0 Å². The first-order valence-corrected chi connectivity index (χ1v) is 7.67. The summed E-state index contributed by atoms with van der Waals surface area (Å²) in [6.45, 7) is 5.65. The van der Waals surface area contributed by atoms with Crippen molar-refractivity contribution in [1.82, 2.24) is 9.80 Å². The van der Waals surface area contributed by atoms with E-state index in [4.69, 9.17) is 5.73 Å². The Morgan fingerprint density at radius 3 is 2.28 bits per heavy atom. The number of likely N-dealkylation sites (N-methyl/N-ethyl adjacent to an activating group) is 1. The Kier molecular flexibility index (Phi) is 4.68. The fourth-order valence-electron chi connectivity index (χ4n) is 3.51. The molecule has 18 heavy (non-hydrogen) atoms. The third kappa shape index (κ3) is 3.06. The van der Waals surface area contributed by atoms with Gasteiger partial charge in [-0.2, -0.15) is 0 Å². The van der Waals surface area contributed by atoms with Gasteiger partial charge in [0.15, 0.2) is 0 Å². The van der Waals surface area contributed by atoms with Gasteiger partial charge in [0.25, 0.3) is 0 Å². The van der Waals surface area contributed by atoms with Crippen LogP contribution in [-0.2, 0) is 0 Å². The van der Waals surface area contributed by atoms with Gasteiger partial charge in [-0.1, -0.05) is 19.3 Å². The number of nitrogens with two attached hydrogens (primary N) is 1. The van der Waals surface area contributed by atoms with E-state index >= 15 is 0 Å². The molecule has 1 aliphatic carbocycles. The van der Waals surface area contributed by atoms with Gasteiger partial charge in [0.1, 0.15) is 0 Å². The van der Waals surface area contributed by atoms with E-state index in [1.54, 1.807) is 0 Å². The summed E-state index contributed by atoms with van der Waals surface area (Å²) in [6.07, 6.45) is 8.18. The summed E-state index contributed by atoms with van der Waals surface area (Å²) in [5.41, 5.74) is 6.33. The van der Waals surface area contributed by atoms with Crippen LogP contribution in [0.4, 0.5) is 0 Å². The van der Waals surface area contributed by atoms with Crippen LogP contribution in [-0.4, -0.2) is 55.1 Å². The summed E-state index contributed by atoms with van der Waals surface area (Å²) in [7, 11) is 4.54. The predicted octanol–water partition coefficient (Wildman–Crippen LogP) is 1.92. The number of rotatable bonds is 5. The highest BCUT2D eigenvalue weighted by Crippen LogP contribution is 2.36. The Morgan fingerprint density at radius 1 is 1.22 bits per heavy atom. The average Bonchev–Trinajstić information content (AvgIpc) is 2.34. The maximum atomic E-state index is 6.12. The minimum Gasteiger partial charge on any atom is -0.329 e. The first kappa shape index (κ1) is 14.3. The molecule has 0 aromatic rings. The van der Waals surface area contributed by atoms with E-state index in [0.717, 1.165) is 18.5 Å². The lowest BCUT2D eigenvalue weighted by Gasteiger charge is -2.48. The first-order chi connectivity index (χ1) is 8.55. The fourth-order valence-corrected chi connectivity index (χ4v) is 3.51. The van der Waals surface area contributed by atoms with Gasteiger partial charge < -0.3 is 10.6 Å². The molecule has 0 bridgehead atoms. The summed E-state index contributed by atoms with van der Waals surface area (Å²) in [6, 6.07) is 0.731. The second kappa shape index (κ2) is 5.89. The molecule has 0 aromatic heterocycles. The summed E-state index contributed by atoms with van der Waals surface area (Å²) < 4.78 is 0. The van der Waals surface area contributed by atoms with E-state index in [9.17, 15) is 0 Å². The average molecular weight is 253 g/mol. The molecule has 2 fully saturated rings. The molecule has 2 rings (SSSR count). The molecule has 0 amide bonds. The van der Waals surface area contributed by atoms with Gasteiger partial charge in [0.05, 0.1) is 0 Å². The van der Waals surface area contributed by atoms with E-state index in [-0.39, 0.29) is 5.54 Å². The Balaban J connectivity index is 1.92. The van der Waals surface area contributed by atoms with Crippen LogP contribution in [0.15, 0.2) is 0 Å². The van der Waals surface area contributed by atoms with Crippen molar-refractivity contribution >= 4 is 0 Å². The Hall–Kier alpha value is -0.120. The largest absolute Gasteiger partial charge is 0.329 e. The van der Waals surface area contributed by atoms with Crippen LogP contribution < -0.4 is 5.73 Å². The standard InChI is InChI=1S/C15H31N3/c1-15(12-16,11-13-5-4-6-13)18(3)14-7-9-17(2)10-8-14/h13-14H,4-12,16H2,1-3H3. The Labute approximate surface area is 113 Å². The highest BCUT2D eigenvalue weighted by molar-refractivity contribution is 4.94. The molecular weight excluding hydrogens is 222 g/mol. The van der Waals surface area contributed by atoms with Crippen LogP contribution in [0.1, 0.15) is 45.4 Å². The molecule has 0 aromatic carbocycles. The molecule has 3 heteroatoms. The van der Waals surface area contributed by atoms with Gasteiger partial charge in [0, 0.05) is 18.1 Å². The van der Waals surface area contributed by atoms with Crippen molar-refractivity contribution in [2.45, 2.75) is 57.0 Å². The zero-order chi connectivity index (χ0) is 13.2. The highest BCUT2D eigenvalue weighted by Gasteiger charge is 2.37. The molecule has 1 saturated heterocycles. The van der Waals surface area contributed by atoms with Gasteiger partial charge in [-0.15, -0.1) is 0 Å². The van der Waals surface area contributed by atoms with Crippen molar-refractivity contribution in [3.63, 3.8) is 0 Å². The predicted molar refractivity (Wildman–Crippen MR) is 77.7 cm³/mol. The lowest BCUT2D eigenvalue weighted by Crippen LogP contribution is -2.57. The lowest BCUT2D eigenvalue weighted by molar-refractivity contribution is 0.0290. The molecule has 1 heterocycles. The van der Waals surface area contributed by atoms with Gasteiger partial charge in [-0.3, -0.25) is 4.90 Å². The Morgan fingerprint density at radius 2 is 1.83 bits per heavy atom. The molecule has 3 nitrogen and oxygen atoms in total. The molecular formula is C15H31N3. The molecule has 1 aliphatic heterocycles. The zero-order valence-corrected chi connectivity index (χ0v) is 12.5. The second-order valence-electron chi connectivity index (χ2n) is 6.85. The SMILES string of the molecule is CN1CCC(N(C)C(C)(CN)CC2CCC2)CC1. The molecule has 2 N–H and O–H groups in total. The third-order valence-corrected chi connectivity index (χ3v) is 5.48. The molecule has 1 unspecified atom stereocenters. The smallest absolute Gasteiger partial charge is 0.0306 e. The quantitative estimate of drug-likeness (QED) is 0.812. The Bertz CT molecular complexity index is 256. The number of nitrogens with zero attached hydrogens (tertiary/aromatic N) is 2. The van der Waals surface area contributed by atoms with Crippen LogP contribution >= 0.6 is 0 Å². The summed E-state index contributed by atoms with van der Waals surface area (Å²) >= 11 is 0. The number of hydrogen-bond donors (Lipinski definition) is 1. The van der Waals surface area contributed by atoms with E-state index in [1.807, 2.05) is 0 Å². The van der Waals surface area contributed by atoms with E-state index in [2.05, 4.69) is 30.8 Å². The molecule has 106 valence electrons. The van der Waals surface area contributed by atoms with E-state index < -0.39 is 0 Å². The second-order valence-corrected chi connectivity index (χ2v) is 6.85. The van der Waals surface area contributed by atoms with Crippen molar-refractivity contribution in [3.8, 4) is 0 Å². The van der Waals surface area contributed by atoms with E-state index in [0.29, 0.717) is 0 Å². The van der Waals surface area contributed by atoms with Crippen molar-refractivity contribution < 1.29 is 0 Å². The molecule has 1 atom stereocenters. The van der Waals surface area contributed by atoms with Gasteiger partial charge in [0.2, 0.25) is 0 Å². The minimum absolute atomic E-state index is 0.214. The maximum absolute atomic E-state index is 6.12. The zero-order valence-electron chi connectivity index (χ0n) is 12.5. The fraction of sp³-hybridized carbons (Fsp3) is 1.00. The van der Waals surface area contributed by atoms with Crippen LogP contribution in [0, 0.1) is 5.92 Å². The van der Waals surface area contributed by atoms with Gasteiger partial charge in [-0.05, 0) is 59.3 Å². The normalized spacial score (nSPS) is 27.2. The van der Waals surface area contributed by atoms with Crippen LogP contribution in [0.5, 0.6) is 0 Å². The monoisotopic (exact) mass is 253 g/mol. The summed E-state index contributed by atoms with van der Waals surface area (Å²) in [4.78, 5) is 5.05. The summed E-state index contributed by atoms with van der Waals surface area (Å²) in [5, 5.41) is 0. The van der Waals surface area contributed by atoms with Crippen molar-refractivity contribution in [2.24, 2.45) is 11.7 Å². The van der Waals surface area contributed by atoms with E-state index in [1.165, 1.54) is 51.6 Å². The van der Waals surface area contributed by atoms with Crippen LogP contribution in [0.2, 0.25) is 0 Å². The van der Waals surface area contributed by atoms with Crippen molar-refractivity contribution in [1.29, 1.82) is 0 Å².